The molecule has 3 rings (SSSR count). The molecule has 1 fully saturated rings. The lowest BCUT2D eigenvalue weighted by Gasteiger charge is -2.35. The van der Waals surface area contributed by atoms with Crippen LogP contribution < -0.4 is 0 Å². The number of amides is 1. The van der Waals surface area contributed by atoms with Gasteiger partial charge in [-0.05, 0) is 45.0 Å². The summed E-state index contributed by atoms with van der Waals surface area (Å²) in [6.07, 6.45) is 1.58. The van der Waals surface area contributed by atoms with Crippen molar-refractivity contribution in [1.82, 2.24) is 9.88 Å². The molecule has 1 aliphatic rings. The molecule has 2 heterocycles. The van der Waals surface area contributed by atoms with Crippen LogP contribution in [0.15, 0.2) is 52.5 Å². The predicted octanol–water partition coefficient (Wildman–Crippen LogP) is 3.33. The zero-order valence-corrected chi connectivity index (χ0v) is 17.1. The van der Waals surface area contributed by atoms with Gasteiger partial charge in [-0.15, -0.1) is 0 Å². The first-order valence-corrected chi connectivity index (χ1v) is 10.0. The van der Waals surface area contributed by atoms with Crippen molar-refractivity contribution < 1.29 is 19.1 Å². The third kappa shape index (κ3) is 5.33. The zero-order valence-electron chi connectivity index (χ0n) is 16.3. The Morgan fingerprint density at radius 3 is 2.54 bits per heavy atom. The van der Waals surface area contributed by atoms with E-state index in [2.05, 4.69) is 4.98 Å². The molecular formula is C21H24N2O4S. The number of aryl methyl sites for hydroxylation is 1. The smallest absolute Gasteiger partial charge is 0.341 e. The van der Waals surface area contributed by atoms with Crippen LogP contribution in [0.25, 0.3) is 0 Å². The maximum atomic E-state index is 12.6. The summed E-state index contributed by atoms with van der Waals surface area (Å²) in [7, 11) is 0. The van der Waals surface area contributed by atoms with Crippen LogP contribution in [0.3, 0.4) is 0 Å². The summed E-state index contributed by atoms with van der Waals surface area (Å²) in [5.74, 6) is -0.766. The summed E-state index contributed by atoms with van der Waals surface area (Å²) in [6, 6.07) is 11.3. The minimum atomic E-state index is -0.551. The molecule has 148 valence electrons. The van der Waals surface area contributed by atoms with Crippen molar-refractivity contribution >= 4 is 23.6 Å². The first-order valence-electron chi connectivity index (χ1n) is 9.22. The molecule has 0 spiro atoms. The number of nitrogens with zero attached hydrogens (tertiary/aromatic N) is 2. The average molecular weight is 401 g/mol. The number of hydrogen-bond acceptors (Lipinski definition) is 6. The van der Waals surface area contributed by atoms with Gasteiger partial charge in [0, 0.05) is 24.2 Å². The summed E-state index contributed by atoms with van der Waals surface area (Å²) < 4.78 is 10.9. The summed E-state index contributed by atoms with van der Waals surface area (Å²) in [6.45, 7) is 6.58. The highest BCUT2D eigenvalue weighted by Crippen LogP contribution is 2.29. The fraction of sp³-hybridized carbons (Fsp3) is 0.381. The van der Waals surface area contributed by atoms with Crippen molar-refractivity contribution in [2.75, 3.05) is 19.7 Å². The Morgan fingerprint density at radius 2 is 1.86 bits per heavy atom. The number of esters is 1. The van der Waals surface area contributed by atoms with Crippen LogP contribution in [0.5, 0.6) is 0 Å². The fourth-order valence-corrected chi connectivity index (χ4v) is 3.89. The molecule has 0 N–H and O–H groups in total. The molecule has 1 saturated heterocycles. The molecular weight excluding hydrogens is 376 g/mol. The Hall–Kier alpha value is -2.38. The van der Waals surface area contributed by atoms with Crippen molar-refractivity contribution in [3.05, 3.63) is 53.7 Å². The van der Waals surface area contributed by atoms with Crippen LogP contribution in [0.1, 0.15) is 29.8 Å². The van der Waals surface area contributed by atoms with Crippen LogP contribution in [0.2, 0.25) is 0 Å². The summed E-state index contributed by atoms with van der Waals surface area (Å²) in [5, 5.41) is 0.553. The van der Waals surface area contributed by atoms with Gasteiger partial charge in [-0.3, -0.25) is 4.79 Å². The van der Waals surface area contributed by atoms with Crippen molar-refractivity contribution in [2.24, 2.45) is 0 Å². The zero-order chi connectivity index (χ0) is 20.1. The van der Waals surface area contributed by atoms with Crippen LogP contribution in [0, 0.1) is 6.92 Å². The third-order valence-electron chi connectivity index (χ3n) is 4.33. The van der Waals surface area contributed by atoms with E-state index < -0.39 is 5.97 Å². The van der Waals surface area contributed by atoms with Crippen molar-refractivity contribution in [2.45, 2.75) is 42.9 Å². The standard InChI is InChI=1S/C21H24N2O4S/c1-14-6-8-17(9-7-14)28-20-18(5-4-10-22-20)21(25)26-13-19(24)23-11-15(2)27-16(3)12-23/h4-10,15-16H,11-13H2,1-3H3/t15-,16-/m0/s1. The van der Waals surface area contributed by atoms with Gasteiger partial charge in [0.05, 0.1) is 17.8 Å². The maximum absolute atomic E-state index is 12.6. The van der Waals surface area contributed by atoms with E-state index in [-0.39, 0.29) is 24.7 Å². The minimum absolute atomic E-state index is 0.0285. The number of hydrogen-bond donors (Lipinski definition) is 0. The minimum Gasteiger partial charge on any atom is -0.452 e. The second-order valence-electron chi connectivity index (χ2n) is 6.90. The number of rotatable bonds is 5. The van der Waals surface area contributed by atoms with Crippen LogP contribution in [0.4, 0.5) is 0 Å². The summed E-state index contributed by atoms with van der Waals surface area (Å²) in [5.41, 5.74) is 1.51. The molecule has 1 amide bonds. The van der Waals surface area contributed by atoms with E-state index in [0.29, 0.717) is 23.7 Å². The number of aromatic nitrogens is 1. The van der Waals surface area contributed by atoms with Gasteiger partial charge >= 0.3 is 5.97 Å². The molecule has 7 heteroatoms. The van der Waals surface area contributed by atoms with E-state index in [4.69, 9.17) is 9.47 Å². The van der Waals surface area contributed by atoms with Gasteiger partial charge in [-0.2, -0.15) is 0 Å². The lowest BCUT2D eigenvalue weighted by atomic mass is 10.2. The Kier molecular flexibility index (Phi) is 6.70. The number of morpholine rings is 1. The molecule has 6 nitrogen and oxygen atoms in total. The second-order valence-corrected chi connectivity index (χ2v) is 7.97. The molecule has 1 aromatic carbocycles. The Morgan fingerprint density at radius 1 is 1.18 bits per heavy atom. The first kappa shape index (κ1) is 20.4. The van der Waals surface area contributed by atoms with Gasteiger partial charge in [0.2, 0.25) is 0 Å². The molecule has 28 heavy (non-hydrogen) atoms. The monoisotopic (exact) mass is 400 g/mol. The van der Waals surface area contributed by atoms with Gasteiger partial charge in [-0.25, -0.2) is 9.78 Å². The first-order chi connectivity index (χ1) is 13.4. The molecule has 2 aromatic rings. The Labute approximate surface area is 169 Å². The third-order valence-corrected chi connectivity index (χ3v) is 5.35. The van der Waals surface area contributed by atoms with Crippen LogP contribution in [-0.2, 0) is 14.3 Å². The molecule has 0 unspecified atom stereocenters. The normalized spacial score (nSPS) is 19.3. The quantitative estimate of drug-likeness (QED) is 0.717. The number of pyridine rings is 1. The van der Waals surface area contributed by atoms with Crippen LogP contribution >= 0.6 is 11.8 Å². The van der Waals surface area contributed by atoms with Crippen molar-refractivity contribution in [3.63, 3.8) is 0 Å². The van der Waals surface area contributed by atoms with E-state index >= 15 is 0 Å². The van der Waals surface area contributed by atoms with Crippen molar-refractivity contribution in [1.29, 1.82) is 0 Å². The average Bonchev–Trinajstić information content (AvgIpc) is 2.67. The summed E-state index contributed by atoms with van der Waals surface area (Å²) in [4.78, 5) is 31.9. The Balaban J connectivity index is 1.63. The van der Waals surface area contributed by atoms with Gasteiger partial charge in [0.15, 0.2) is 6.61 Å². The largest absolute Gasteiger partial charge is 0.452 e. The lowest BCUT2D eigenvalue weighted by molar-refractivity contribution is -0.146. The van der Waals surface area contributed by atoms with Gasteiger partial charge in [0.25, 0.3) is 5.91 Å². The van der Waals surface area contributed by atoms with Crippen molar-refractivity contribution in [3.8, 4) is 0 Å². The highest BCUT2D eigenvalue weighted by Gasteiger charge is 2.26. The van der Waals surface area contributed by atoms with E-state index in [1.54, 1.807) is 23.2 Å². The highest BCUT2D eigenvalue weighted by atomic mass is 32.2. The van der Waals surface area contributed by atoms with E-state index in [1.807, 2.05) is 45.0 Å². The van der Waals surface area contributed by atoms with E-state index in [9.17, 15) is 9.59 Å². The summed E-state index contributed by atoms with van der Waals surface area (Å²) >= 11 is 1.39. The molecule has 1 aliphatic heterocycles. The molecule has 0 aliphatic carbocycles. The highest BCUT2D eigenvalue weighted by molar-refractivity contribution is 7.99. The number of carbonyl (C=O) groups excluding carboxylic acids is 2. The fourth-order valence-electron chi connectivity index (χ4n) is 3.02. The SMILES string of the molecule is Cc1ccc(Sc2ncccc2C(=O)OCC(=O)N2C[C@H](C)O[C@@H](C)C2)cc1. The molecule has 0 saturated carbocycles. The predicted molar refractivity (Wildman–Crippen MR) is 106 cm³/mol. The van der Waals surface area contributed by atoms with Gasteiger partial charge in [0.1, 0.15) is 5.03 Å². The second kappa shape index (κ2) is 9.21. The topological polar surface area (TPSA) is 68.7 Å². The van der Waals surface area contributed by atoms with E-state index in [1.165, 1.54) is 11.8 Å². The maximum Gasteiger partial charge on any atom is 0.341 e. The Bertz CT molecular complexity index is 831. The molecule has 0 bridgehead atoms. The molecule has 1 aromatic heterocycles. The van der Waals surface area contributed by atoms with Crippen LogP contribution in [-0.4, -0.2) is 53.7 Å². The molecule has 0 radical (unpaired) electrons. The number of ether oxygens (including phenoxy) is 2. The number of carbonyl (C=O) groups is 2. The lowest BCUT2D eigenvalue weighted by Crippen LogP contribution is -2.49. The van der Waals surface area contributed by atoms with Gasteiger partial charge in [-0.1, -0.05) is 29.5 Å². The number of benzene rings is 1. The van der Waals surface area contributed by atoms with Gasteiger partial charge < -0.3 is 14.4 Å². The van der Waals surface area contributed by atoms with E-state index in [0.717, 1.165) is 10.5 Å². The molecule has 2 atom stereocenters.